The fraction of sp³-hybridized carbons (Fsp3) is 1.00. The molecule has 3 atom stereocenters. The molecule has 0 spiro atoms. The van der Waals surface area contributed by atoms with Crippen molar-refractivity contribution >= 4 is 0 Å². The van der Waals surface area contributed by atoms with Crippen molar-refractivity contribution in [3.8, 4) is 0 Å². The number of hydrogen-bond acceptors (Lipinski definition) is 2. The Morgan fingerprint density at radius 3 is 2.47 bits per heavy atom. The van der Waals surface area contributed by atoms with Crippen molar-refractivity contribution < 1.29 is 0 Å². The largest absolute Gasteiger partial charge is 0.311 e. The van der Waals surface area contributed by atoms with Gasteiger partial charge >= 0.3 is 0 Å². The zero-order chi connectivity index (χ0) is 12.4. The fourth-order valence-electron chi connectivity index (χ4n) is 3.34. The molecule has 1 saturated heterocycles. The number of rotatable bonds is 5. The maximum atomic E-state index is 3.75. The Morgan fingerprint density at radius 2 is 1.94 bits per heavy atom. The molecular weight excluding hydrogens is 208 g/mol. The molecule has 2 heteroatoms. The highest BCUT2D eigenvalue weighted by Crippen LogP contribution is 2.36. The molecule has 2 fully saturated rings. The molecule has 1 N–H and O–H groups in total. The molecule has 0 amide bonds. The van der Waals surface area contributed by atoms with Gasteiger partial charge in [-0.2, -0.15) is 0 Å². The molecule has 17 heavy (non-hydrogen) atoms. The Hall–Kier alpha value is -0.0800. The van der Waals surface area contributed by atoms with E-state index >= 15 is 0 Å². The van der Waals surface area contributed by atoms with E-state index in [1.54, 1.807) is 0 Å². The average Bonchev–Trinajstić information content (AvgIpc) is 3.11. The van der Waals surface area contributed by atoms with Gasteiger partial charge in [0.05, 0.1) is 0 Å². The molecule has 100 valence electrons. The minimum Gasteiger partial charge on any atom is -0.311 e. The van der Waals surface area contributed by atoms with Gasteiger partial charge in [0.25, 0.3) is 0 Å². The van der Waals surface area contributed by atoms with Crippen LogP contribution in [0.2, 0.25) is 0 Å². The molecule has 1 aliphatic heterocycles. The van der Waals surface area contributed by atoms with Crippen molar-refractivity contribution in [2.24, 2.45) is 11.8 Å². The van der Waals surface area contributed by atoms with E-state index in [4.69, 9.17) is 0 Å². The van der Waals surface area contributed by atoms with Crippen molar-refractivity contribution in [2.75, 3.05) is 13.1 Å². The second-order valence-corrected chi connectivity index (χ2v) is 6.57. The van der Waals surface area contributed by atoms with E-state index in [1.165, 1.54) is 38.8 Å². The Bertz CT molecular complexity index is 233. The Balaban J connectivity index is 1.92. The highest BCUT2D eigenvalue weighted by Gasteiger charge is 2.37. The molecule has 0 aromatic carbocycles. The lowest BCUT2D eigenvalue weighted by atomic mass is 9.97. The normalized spacial score (nSPS) is 33.0. The summed E-state index contributed by atoms with van der Waals surface area (Å²) in [7, 11) is 0. The van der Waals surface area contributed by atoms with Crippen LogP contribution in [0, 0.1) is 11.8 Å². The van der Waals surface area contributed by atoms with Crippen LogP contribution >= 0.6 is 0 Å². The SMILES string of the molecule is CCC1CNC(CC(C)C)CN1C(C)C1CC1. The van der Waals surface area contributed by atoms with Crippen molar-refractivity contribution in [2.45, 2.75) is 71.5 Å². The van der Waals surface area contributed by atoms with Gasteiger partial charge in [0.1, 0.15) is 0 Å². The predicted octanol–water partition coefficient (Wildman–Crippen LogP) is 2.88. The summed E-state index contributed by atoms with van der Waals surface area (Å²) in [4.78, 5) is 2.81. The summed E-state index contributed by atoms with van der Waals surface area (Å²) in [6.45, 7) is 11.9. The maximum absolute atomic E-state index is 3.75. The zero-order valence-corrected chi connectivity index (χ0v) is 12.1. The van der Waals surface area contributed by atoms with Gasteiger partial charge < -0.3 is 5.32 Å². The lowest BCUT2D eigenvalue weighted by Gasteiger charge is -2.44. The summed E-state index contributed by atoms with van der Waals surface area (Å²) in [5.74, 6) is 1.81. The second-order valence-electron chi connectivity index (χ2n) is 6.57. The average molecular weight is 238 g/mol. The third-order valence-electron chi connectivity index (χ3n) is 4.60. The summed E-state index contributed by atoms with van der Waals surface area (Å²) in [5, 5.41) is 3.75. The first kappa shape index (κ1) is 13.4. The van der Waals surface area contributed by atoms with Crippen LogP contribution in [0.15, 0.2) is 0 Å². The van der Waals surface area contributed by atoms with Crippen molar-refractivity contribution in [1.82, 2.24) is 10.2 Å². The fourth-order valence-corrected chi connectivity index (χ4v) is 3.34. The first-order chi connectivity index (χ1) is 8.11. The highest BCUT2D eigenvalue weighted by molar-refractivity contribution is 4.93. The van der Waals surface area contributed by atoms with Crippen LogP contribution in [0.5, 0.6) is 0 Å². The van der Waals surface area contributed by atoms with Gasteiger partial charge in [0, 0.05) is 31.2 Å². The van der Waals surface area contributed by atoms with Gasteiger partial charge in [-0.25, -0.2) is 0 Å². The van der Waals surface area contributed by atoms with Gasteiger partial charge in [-0.15, -0.1) is 0 Å². The Labute approximate surface area is 107 Å². The highest BCUT2D eigenvalue weighted by atomic mass is 15.3. The quantitative estimate of drug-likeness (QED) is 0.792. The van der Waals surface area contributed by atoms with E-state index in [0.29, 0.717) is 0 Å². The van der Waals surface area contributed by atoms with Crippen LogP contribution in [0.1, 0.15) is 53.4 Å². The molecule has 2 nitrogen and oxygen atoms in total. The number of hydrogen-bond donors (Lipinski definition) is 1. The van der Waals surface area contributed by atoms with E-state index in [0.717, 1.165) is 30.0 Å². The van der Waals surface area contributed by atoms with Crippen molar-refractivity contribution in [3.63, 3.8) is 0 Å². The van der Waals surface area contributed by atoms with Crippen LogP contribution in [0.3, 0.4) is 0 Å². The first-order valence-electron chi connectivity index (χ1n) is 7.61. The molecule has 1 aliphatic carbocycles. The summed E-state index contributed by atoms with van der Waals surface area (Å²) in [6.07, 6.45) is 5.55. The van der Waals surface area contributed by atoms with E-state index in [1.807, 2.05) is 0 Å². The van der Waals surface area contributed by atoms with Gasteiger partial charge in [-0.3, -0.25) is 4.90 Å². The van der Waals surface area contributed by atoms with Crippen LogP contribution in [0.25, 0.3) is 0 Å². The van der Waals surface area contributed by atoms with Gasteiger partial charge in [0.2, 0.25) is 0 Å². The Kier molecular flexibility index (Phi) is 4.48. The van der Waals surface area contributed by atoms with Crippen molar-refractivity contribution in [3.05, 3.63) is 0 Å². The molecule has 1 saturated carbocycles. The molecule has 2 aliphatic rings. The number of nitrogens with zero attached hydrogens (tertiary/aromatic N) is 1. The third kappa shape index (κ3) is 3.45. The van der Waals surface area contributed by atoms with E-state index < -0.39 is 0 Å². The maximum Gasteiger partial charge on any atom is 0.0221 e. The molecule has 0 aromatic heterocycles. The summed E-state index contributed by atoms with van der Waals surface area (Å²) >= 11 is 0. The third-order valence-corrected chi connectivity index (χ3v) is 4.60. The summed E-state index contributed by atoms with van der Waals surface area (Å²) in [6, 6.07) is 2.31. The number of piperazine rings is 1. The zero-order valence-electron chi connectivity index (χ0n) is 12.1. The second kappa shape index (κ2) is 5.71. The van der Waals surface area contributed by atoms with E-state index in [9.17, 15) is 0 Å². The predicted molar refractivity (Wildman–Crippen MR) is 74.2 cm³/mol. The van der Waals surface area contributed by atoms with Crippen LogP contribution < -0.4 is 5.32 Å². The topological polar surface area (TPSA) is 15.3 Å². The van der Waals surface area contributed by atoms with Crippen molar-refractivity contribution in [1.29, 1.82) is 0 Å². The first-order valence-corrected chi connectivity index (χ1v) is 7.61. The van der Waals surface area contributed by atoms with Crippen LogP contribution in [-0.4, -0.2) is 36.1 Å². The van der Waals surface area contributed by atoms with Gasteiger partial charge in [-0.05, 0) is 44.4 Å². The lowest BCUT2D eigenvalue weighted by Crippen LogP contribution is -2.59. The molecule has 0 radical (unpaired) electrons. The number of nitrogens with one attached hydrogen (secondary N) is 1. The van der Waals surface area contributed by atoms with Gasteiger partial charge in [0.15, 0.2) is 0 Å². The van der Waals surface area contributed by atoms with Crippen LogP contribution in [-0.2, 0) is 0 Å². The molecular formula is C15H30N2. The Morgan fingerprint density at radius 1 is 1.24 bits per heavy atom. The smallest absolute Gasteiger partial charge is 0.0221 e. The molecule has 0 aromatic rings. The lowest BCUT2D eigenvalue weighted by molar-refractivity contribution is 0.0710. The standard InChI is InChI=1S/C15H30N2/c1-5-15-9-16-14(8-11(2)3)10-17(15)12(4)13-6-7-13/h11-16H,5-10H2,1-4H3. The molecule has 1 heterocycles. The van der Waals surface area contributed by atoms with E-state index in [-0.39, 0.29) is 0 Å². The van der Waals surface area contributed by atoms with Gasteiger partial charge in [-0.1, -0.05) is 20.8 Å². The van der Waals surface area contributed by atoms with E-state index in [2.05, 4.69) is 37.9 Å². The summed E-state index contributed by atoms with van der Waals surface area (Å²) < 4.78 is 0. The monoisotopic (exact) mass is 238 g/mol. The molecule has 3 unspecified atom stereocenters. The summed E-state index contributed by atoms with van der Waals surface area (Å²) in [5.41, 5.74) is 0. The molecule has 2 rings (SSSR count). The minimum atomic E-state index is 0.721. The molecule has 0 bridgehead atoms. The van der Waals surface area contributed by atoms with Crippen LogP contribution in [0.4, 0.5) is 0 Å². The minimum absolute atomic E-state index is 0.721.